The van der Waals surface area contributed by atoms with E-state index in [0.29, 0.717) is 30.9 Å². The lowest BCUT2D eigenvalue weighted by molar-refractivity contribution is -0.129. The number of benzene rings is 2. The molecule has 10 heteroatoms. The predicted octanol–water partition coefficient (Wildman–Crippen LogP) is 2.30. The molecule has 0 heterocycles. The monoisotopic (exact) mass is 482 g/mol. The summed E-state index contributed by atoms with van der Waals surface area (Å²) in [5, 5.41) is 0. The minimum Gasteiger partial charge on any atom is -0.493 e. The van der Waals surface area contributed by atoms with Crippen LogP contribution in [0.2, 0.25) is 0 Å². The topological polar surface area (TPSA) is 110 Å². The van der Waals surface area contributed by atoms with Gasteiger partial charge in [-0.2, -0.15) is 0 Å². The highest BCUT2D eigenvalue weighted by molar-refractivity contribution is 7.90. The molecule has 0 bridgehead atoms. The van der Waals surface area contributed by atoms with E-state index in [1.807, 2.05) is 6.92 Å². The predicted molar refractivity (Wildman–Crippen MR) is 123 cm³/mol. The molecule has 2 aromatic rings. The zero-order chi connectivity index (χ0) is 23.9. The minimum absolute atomic E-state index is 0.00755. The third kappa shape index (κ3) is 7.61. The summed E-state index contributed by atoms with van der Waals surface area (Å²) in [4.78, 5) is 14.2. The maximum absolute atomic E-state index is 12.5. The van der Waals surface area contributed by atoms with Crippen LogP contribution in [0, 0.1) is 13.8 Å². The number of aryl methyl sites for hydroxylation is 2. The highest BCUT2D eigenvalue weighted by Gasteiger charge is 2.17. The van der Waals surface area contributed by atoms with E-state index in [-0.39, 0.29) is 28.7 Å². The molecule has 0 spiro atoms. The van der Waals surface area contributed by atoms with Gasteiger partial charge in [0.15, 0.2) is 9.84 Å². The number of rotatable bonds is 11. The second kappa shape index (κ2) is 10.9. The van der Waals surface area contributed by atoms with E-state index in [0.717, 1.165) is 11.8 Å². The number of ether oxygens (including phenoxy) is 1. The molecule has 0 aliphatic rings. The van der Waals surface area contributed by atoms with Gasteiger partial charge in [0, 0.05) is 32.8 Å². The maximum atomic E-state index is 12.5. The molecule has 176 valence electrons. The molecule has 2 aromatic carbocycles. The van der Waals surface area contributed by atoms with Crippen LogP contribution >= 0.6 is 0 Å². The summed E-state index contributed by atoms with van der Waals surface area (Å²) in [5.74, 6) is 0.259. The van der Waals surface area contributed by atoms with Gasteiger partial charge < -0.3 is 9.64 Å². The van der Waals surface area contributed by atoms with E-state index in [1.54, 1.807) is 44.3 Å². The molecule has 0 fully saturated rings. The molecular formula is C22H30N2O6S2. The largest absolute Gasteiger partial charge is 0.493 e. The van der Waals surface area contributed by atoms with Crippen molar-refractivity contribution in [1.29, 1.82) is 0 Å². The molecule has 0 saturated carbocycles. The Balaban J connectivity index is 1.75. The van der Waals surface area contributed by atoms with Gasteiger partial charge >= 0.3 is 0 Å². The van der Waals surface area contributed by atoms with Gasteiger partial charge in [0.2, 0.25) is 15.9 Å². The van der Waals surface area contributed by atoms with E-state index in [4.69, 9.17) is 4.74 Å². The summed E-state index contributed by atoms with van der Waals surface area (Å²) in [6, 6.07) is 11.3. The van der Waals surface area contributed by atoms with Gasteiger partial charge in [0.25, 0.3) is 0 Å². The van der Waals surface area contributed by atoms with Crippen molar-refractivity contribution in [1.82, 2.24) is 9.62 Å². The molecule has 0 aromatic heterocycles. The van der Waals surface area contributed by atoms with Crippen LogP contribution in [0.3, 0.4) is 0 Å². The van der Waals surface area contributed by atoms with Crippen LogP contribution in [0.25, 0.3) is 0 Å². The first-order chi connectivity index (χ1) is 14.9. The average Bonchev–Trinajstić information content (AvgIpc) is 2.70. The maximum Gasteiger partial charge on any atom is 0.240 e. The van der Waals surface area contributed by atoms with Crippen molar-refractivity contribution in [3.05, 3.63) is 53.6 Å². The van der Waals surface area contributed by atoms with Crippen LogP contribution in [-0.2, 0) is 24.7 Å². The van der Waals surface area contributed by atoms with Gasteiger partial charge in [-0.3, -0.25) is 4.79 Å². The molecule has 1 amide bonds. The van der Waals surface area contributed by atoms with Crippen molar-refractivity contribution in [2.24, 2.45) is 0 Å². The van der Waals surface area contributed by atoms with Crippen LogP contribution in [-0.4, -0.2) is 60.6 Å². The van der Waals surface area contributed by atoms with Gasteiger partial charge in [0.1, 0.15) is 5.75 Å². The Kier molecular flexibility index (Phi) is 8.82. The van der Waals surface area contributed by atoms with E-state index < -0.39 is 19.9 Å². The molecule has 0 saturated heterocycles. The van der Waals surface area contributed by atoms with E-state index in [1.165, 1.54) is 17.0 Å². The zero-order valence-corrected chi connectivity index (χ0v) is 20.4. The number of carbonyl (C=O) groups excluding carboxylic acids is 1. The molecule has 0 radical (unpaired) electrons. The molecule has 32 heavy (non-hydrogen) atoms. The number of sulfone groups is 1. The zero-order valence-electron chi connectivity index (χ0n) is 18.8. The Hall–Kier alpha value is -2.43. The van der Waals surface area contributed by atoms with Crippen LogP contribution < -0.4 is 9.46 Å². The van der Waals surface area contributed by atoms with Gasteiger partial charge in [-0.25, -0.2) is 21.6 Å². The standard InChI is InChI=1S/C22H30N2O6S2/c1-17-9-10-21(18(2)15-17)32(28,29)23-12-11-22(25)24(3)13-6-14-30-19-7-5-8-20(16-19)31(4,26)27/h5,7-10,15-16,23H,6,11-14H2,1-4H3. The first-order valence-corrected chi connectivity index (χ1v) is 13.5. The number of hydrogen-bond acceptors (Lipinski definition) is 6. The van der Waals surface area contributed by atoms with E-state index in [2.05, 4.69) is 4.72 Å². The van der Waals surface area contributed by atoms with E-state index >= 15 is 0 Å². The molecule has 0 aliphatic carbocycles. The van der Waals surface area contributed by atoms with Crippen molar-refractivity contribution < 1.29 is 26.4 Å². The number of sulfonamides is 1. The van der Waals surface area contributed by atoms with Crippen molar-refractivity contribution in [3.63, 3.8) is 0 Å². The average molecular weight is 483 g/mol. The van der Waals surface area contributed by atoms with Crippen LogP contribution in [0.15, 0.2) is 52.3 Å². The molecule has 0 atom stereocenters. The number of nitrogens with one attached hydrogen (secondary N) is 1. The fraction of sp³-hybridized carbons (Fsp3) is 0.409. The lowest BCUT2D eigenvalue weighted by atomic mass is 10.2. The summed E-state index contributed by atoms with van der Waals surface area (Å²) in [6.45, 7) is 4.37. The number of nitrogens with zero attached hydrogens (tertiary/aromatic N) is 1. The number of hydrogen-bond donors (Lipinski definition) is 1. The van der Waals surface area contributed by atoms with Crippen LogP contribution in [0.5, 0.6) is 5.75 Å². The fourth-order valence-corrected chi connectivity index (χ4v) is 4.99. The normalized spacial score (nSPS) is 11.9. The first kappa shape index (κ1) is 25.8. The Bertz CT molecular complexity index is 1160. The highest BCUT2D eigenvalue weighted by atomic mass is 32.2. The minimum atomic E-state index is -3.68. The lowest BCUT2D eigenvalue weighted by Gasteiger charge is -2.18. The van der Waals surface area contributed by atoms with Gasteiger partial charge in [-0.05, 0) is 50.1 Å². The summed E-state index contributed by atoms with van der Waals surface area (Å²) in [5.41, 5.74) is 1.63. The van der Waals surface area contributed by atoms with Gasteiger partial charge in [0.05, 0.1) is 16.4 Å². The second-order valence-corrected chi connectivity index (χ2v) is 11.4. The second-order valence-electron chi connectivity index (χ2n) is 7.68. The van der Waals surface area contributed by atoms with Crippen LogP contribution in [0.4, 0.5) is 0 Å². The van der Waals surface area contributed by atoms with Crippen molar-refractivity contribution in [3.8, 4) is 5.75 Å². The van der Waals surface area contributed by atoms with Gasteiger partial charge in [-0.15, -0.1) is 0 Å². The van der Waals surface area contributed by atoms with Crippen molar-refractivity contribution >= 4 is 25.8 Å². The smallest absolute Gasteiger partial charge is 0.240 e. The van der Waals surface area contributed by atoms with Crippen LogP contribution in [0.1, 0.15) is 24.0 Å². The summed E-state index contributed by atoms with van der Waals surface area (Å²) >= 11 is 0. The molecule has 0 unspecified atom stereocenters. The summed E-state index contributed by atoms with van der Waals surface area (Å²) in [7, 11) is -5.34. The molecule has 2 rings (SSSR count). The molecule has 8 nitrogen and oxygen atoms in total. The van der Waals surface area contributed by atoms with Gasteiger partial charge in [-0.1, -0.05) is 23.8 Å². The number of amides is 1. The Morgan fingerprint density at radius 2 is 1.78 bits per heavy atom. The van der Waals surface area contributed by atoms with Crippen molar-refractivity contribution in [2.45, 2.75) is 36.5 Å². The van der Waals surface area contributed by atoms with E-state index in [9.17, 15) is 21.6 Å². The Morgan fingerprint density at radius 3 is 2.44 bits per heavy atom. The third-order valence-electron chi connectivity index (χ3n) is 4.82. The Morgan fingerprint density at radius 1 is 1.06 bits per heavy atom. The third-order valence-corrected chi connectivity index (χ3v) is 7.55. The highest BCUT2D eigenvalue weighted by Crippen LogP contribution is 2.18. The molecular weight excluding hydrogens is 452 g/mol. The SMILES string of the molecule is Cc1ccc(S(=O)(=O)NCCC(=O)N(C)CCCOc2cccc(S(C)(=O)=O)c2)c(C)c1. The number of carbonyl (C=O) groups is 1. The van der Waals surface area contributed by atoms with Crippen molar-refractivity contribution in [2.75, 3.05) is 33.0 Å². The summed E-state index contributed by atoms with van der Waals surface area (Å²) < 4.78 is 56.2. The quantitative estimate of drug-likeness (QED) is 0.492. The fourth-order valence-electron chi connectivity index (χ4n) is 3.07. The molecule has 0 aliphatic heterocycles. The Labute approximate surface area is 190 Å². The first-order valence-electron chi connectivity index (χ1n) is 10.1. The summed E-state index contributed by atoms with van der Waals surface area (Å²) in [6.07, 6.45) is 1.71. The lowest BCUT2D eigenvalue weighted by Crippen LogP contribution is -2.33. The molecule has 1 N–H and O–H groups in total.